The van der Waals surface area contributed by atoms with Gasteiger partial charge in [0.2, 0.25) is 15.9 Å². The minimum Gasteiger partial charge on any atom is -0.490 e. The summed E-state index contributed by atoms with van der Waals surface area (Å²) in [4.78, 5) is 36.4. The van der Waals surface area contributed by atoms with Gasteiger partial charge in [-0.25, -0.2) is 13.2 Å². The maximum absolute atomic E-state index is 13.0. The number of nitrogens with zero attached hydrogens (tertiary/aromatic N) is 3. The van der Waals surface area contributed by atoms with Crippen LogP contribution in [0.4, 0.5) is 10.5 Å². The molecule has 3 amide bonds. The Balaban J connectivity index is 1.47. The van der Waals surface area contributed by atoms with Gasteiger partial charge in [-0.3, -0.25) is 14.9 Å². The molecule has 2 aliphatic rings. The molecule has 1 aromatic rings. The van der Waals surface area contributed by atoms with Crippen LogP contribution in [0.2, 0.25) is 0 Å². The van der Waals surface area contributed by atoms with Gasteiger partial charge in [0.05, 0.1) is 16.9 Å². The number of rotatable bonds is 8. The van der Waals surface area contributed by atoms with Gasteiger partial charge in [-0.2, -0.15) is 4.31 Å². The van der Waals surface area contributed by atoms with Crippen LogP contribution >= 0.6 is 0 Å². The third-order valence-corrected chi connectivity index (χ3v) is 8.04. The lowest BCUT2D eigenvalue weighted by Crippen LogP contribution is -2.51. The number of methoxy groups -OCH3 is 1. The zero-order chi connectivity index (χ0) is 24.7. The molecular weight excluding hydrogens is 466 g/mol. The van der Waals surface area contributed by atoms with Gasteiger partial charge in [-0.05, 0) is 25.0 Å². The lowest BCUT2D eigenvalue weighted by molar-refractivity contribution is -0.386. The molecule has 0 atom stereocenters. The van der Waals surface area contributed by atoms with Crippen LogP contribution in [0.5, 0.6) is 5.75 Å². The molecule has 1 aliphatic carbocycles. The van der Waals surface area contributed by atoms with Crippen molar-refractivity contribution in [1.29, 1.82) is 0 Å². The van der Waals surface area contributed by atoms with E-state index in [9.17, 15) is 28.1 Å². The van der Waals surface area contributed by atoms with E-state index in [2.05, 4.69) is 10.6 Å². The van der Waals surface area contributed by atoms with Gasteiger partial charge in [-0.15, -0.1) is 0 Å². The molecule has 1 aliphatic heterocycles. The summed E-state index contributed by atoms with van der Waals surface area (Å²) >= 11 is 0. The Labute approximate surface area is 198 Å². The number of amides is 3. The first-order valence-electron chi connectivity index (χ1n) is 11.4. The SMILES string of the molecule is COc1ccc(S(=O)(=O)N2CCN(C(=O)CCNC(=O)NC3CCCCC3)CC2)cc1[N+](=O)[O-]. The Hall–Kier alpha value is -2.93. The number of sulfonamides is 1. The van der Waals surface area contributed by atoms with E-state index in [0.29, 0.717) is 0 Å². The third-order valence-electron chi connectivity index (χ3n) is 6.14. The summed E-state index contributed by atoms with van der Waals surface area (Å²) in [5.41, 5.74) is -0.433. The first-order valence-corrected chi connectivity index (χ1v) is 12.8. The first kappa shape index (κ1) is 25.7. The summed E-state index contributed by atoms with van der Waals surface area (Å²) in [5.74, 6) is -0.199. The molecule has 12 nitrogen and oxygen atoms in total. The molecular formula is C21H31N5O7S. The molecule has 0 bridgehead atoms. The molecule has 3 rings (SSSR count). The Morgan fingerprint density at radius 1 is 1.15 bits per heavy atom. The molecule has 0 spiro atoms. The number of piperazine rings is 1. The zero-order valence-electron chi connectivity index (χ0n) is 19.2. The van der Waals surface area contributed by atoms with Crippen LogP contribution in [0.1, 0.15) is 38.5 Å². The normalized spacial score (nSPS) is 17.7. The van der Waals surface area contributed by atoms with Crippen molar-refractivity contribution in [3.8, 4) is 5.75 Å². The molecule has 0 aromatic heterocycles. The minimum atomic E-state index is -3.96. The summed E-state index contributed by atoms with van der Waals surface area (Å²) in [7, 11) is -2.70. The van der Waals surface area contributed by atoms with Crippen molar-refractivity contribution in [2.24, 2.45) is 0 Å². The summed E-state index contributed by atoms with van der Waals surface area (Å²) in [6.07, 6.45) is 5.49. The van der Waals surface area contributed by atoms with Gasteiger partial charge < -0.3 is 20.3 Å². The van der Waals surface area contributed by atoms with Crippen LogP contribution in [0.3, 0.4) is 0 Å². The average molecular weight is 498 g/mol. The van der Waals surface area contributed by atoms with E-state index < -0.39 is 20.6 Å². The van der Waals surface area contributed by atoms with Crippen LogP contribution in [0.25, 0.3) is 0 Å². The lowest BCUT2D eigenvalue weighted by atomic mass is 9.96. The van der Waals surface area contributed by atoms with Gasteiger partial charge in [-0.1, -0.05) is 19.3 Å². The van der Waals surface area contributed by atoms with Crippen molar-refractivity contribution in [3.05, 3.63) is 28.3 Å². The van der Waals surface area contributed by atoms with E-state index in [1.807, 2.05) is 0 Å². The van der Waals surface area contributed by atoms with Gasteiger partial charge in [0, 0.05) is 51.3 Å². The molecule has 1 saturated heterocycles. The maximum atomic E-state index is 13.0. The maximum Gasteiger partial charge on any atom is 0.315 e. The number of nitro benzene ring substituents is 1. The molecule has 2 N–H and O–H groups in total. The molecule has 0 radical (unpaired) electrons. The van der Waals surface area contributed by atoms with Crippen molar-refractivity contribution >= 4 is 27.6 Å². The number of nitro groups is 1. The lowest BCUT2D eigenvalue weighted by Gasteiger charge is -2.34. The van der Waals surface area contributed by atoms with Gasteiger partial charge in [0.15, 0.2) is 5.75 Å². The second kappa shape index (κ2) is 11.5. The number of nitrogens with one attached hydrogen (secondary N) is 2. The van der Waals surface area contributed by atoms with Crippen LogP contribution in [0.15, 0.2) is 23.1 Å². The van der Waals surface area contributed by atoms with Gasteiger partial charge in [0.25, 0.3) is 0 Å². The minimum absolute atomic E-state index is 0.0274. The number of hydrogen-bond acceptors (Lipinski definition) is 7. The molecule has 1 heterocycles. The fraction of sp³-hybridized carbons (Fsp3) is 0.619. The Morgan fingerprint density at radius 3 is 2.44 bits per heavy atom. The number of ether oxygens (including phenoxy) is 1. The van der Waals surface area contributed by atoms with Crippen molar-refractivity contribution in [2.45, 2.75) is 49.5 Å². The second-order valence-corrected chi connectivity index (χ2v) is 10.3. The standard InChI is InChI=1S/C21H31N5O7S/c1-33-19-8-7-17(15-18(19)26(29)30)34(31,32)25-13-11-24(12-14-25)20(27)9-10-22-21(28)23-16-5-3-2-4-6-16/h7-8,15-16H,2-6,9-14H2,1H3,(H2,22,23,28). The van der Waals surface area contributed by atoms with E-state index in [-0.39, 0.29) is 67.8 Å². The summed E-state index contributed by atoms with van der Waals surface area (Å²) in [6, 6.07) is 3.41. The molecule has 34 heavy (non-hydrogen) atoms. The highest BCUT2D eigenvalue weighted by molar-refractivity contribution is 7.89. The number of urea groups is 1. The van der Waals surface area contributed by atoms with Crippen molar-refractivity contribution in [1.82, 2.24) is 19.8 Å². The predicted molar refractivity (Wildman–Crippen MR) is 123 cm³/mol. The molecule has 2 fully saturated rings. The number of carbonyl (C=O) groups excluding carboxylic acids is 2. The van der Waals surface area contributed by atoms with Crippen LogP contribution < -0.4 is 15.4 Å². The summed E-state index contributed by atoms with van der Waals surface area (Å²) in [5, 5.41) is 16.9. The summed E-state index contributed by atoms with van der Waals surface area (Å²) in [6.45, 7) is 0.744. The van der Waals surface area contributed by atoms with E-state index in [4.69, 9.17) is 4.74 Å². The zero-order valence-corrected chi connectivity index (χ0v) is 20.0. The number of benzene rings is 1. The number of hydrogen-bond donors (Lipinski definition) is 2. The predicted octanol–water partition coefficient (Wildman–Crippen LogP) is 1.46. The topological polar surface area (TPSA) is 151 Å². The fourth-order valence-electron chi connectivity index (χ4n) is 4.22. The van der Waals surface area contributed by atoms with Crippen molar-refractivity contribution in [3.63, 3.8) is 0 Å². The smallest absolute Gasteiger partial charge is 0.315 e. The molecule has 1 saturated carbocycles. The largest absolute Gasteiger partial charge is 0.490 e. The van der Waals surface area contributed by atoms with Crippen molar-refractivity contribution in [2.75, 3.05) is 39.8 Å². The van der Waals surface area contributed by atoms with E-state index >= 15 is 0 Å². The van der Waals surface area contributed by atoms with Crippen LogP contribution in [0, 0.1) is 10.1 Å². The number of carbonyl (C=O) groups is 2. The van der Waals surface area contributed by atoms with Crippen molar-refractivity contribution < 1.29 is 27.7 Å². The van der Waals surface area contributed by atoms with Gasteiger partial charge >= 0.3 is 11.7 Å². The quantitative estimate of drug-likeness (QED) is 0.407. The second-order valence-electron chi connectivity index (χ2n) is 8.36. The Kier molecular flexibility index (Phi) is 8.67. The average Bonchev–Trinajstić information content (AvgIpc) is 2.84. The molecule has 188 valence electrons. The van der Waals surface area contributed by atoms with Gasteiger partial charge in [0.1, 0.15) is 0 Å². The molecule has 0 unspecified atom stereocenters. The van der Waals surface area contributed by atoms with E-state index in [0.717, 1.165) is 31.7 Å². The Morgan fingerprint density at radius 2 is 1.82 bits per heavy atom. The van der Waals surface area contributed by atoms with E-state index in [1.165, 1.54) is 30.0 Å². The van der Waals surface area contributed by atoms with Crippen LogP contribution in [-0.2, 0) is 14.8 Å². The highest BCUT2D eigenvalue weighted by Gasteiger charge is 2.31. The monoisotopic (exact) mass is 497 g/mol. The van der Waals surface area contributed by atoms with Crippen LogP contribution in [-0.4, -0.2) is 80.4 Å². The molecule has 13 heteroatoms. The summed E-state index contributed by atoms with van der Waals surface area (Å²) < 4.78 is 32.0. The third kappa shape index (κ3) is 6.35. The van der Waals surface area contributed by atoms with E-state index in [1.54, 1.807) is 4.90 Å². The highest BCUT2D eigenvalue weighted by Crippen LogP contribution is 2.30. The fourth-order valence-corrected chi connectivity index (χ4v) is 5.67. The Bertz CT molecular complexity index is 1000. The highest BCUT2D eigenvalue weighted by atomic mass is 32.2. The first-order chi connectivity index (χ1) is 16.2. The molecule has 1 aromatic carbocycles.